The van der Waals surface area contributed by atoms with E-state index in [2.05, 4.69) is 15.7 Å². The third kappa shape index (κ3) is 5.16. The maximum Gasteiger partial charge on any atom is 0.358 e. The number of benzene rings is 2. The van der Waals surface area contributed by atoms with Crippen molar-refractivity contribution in [2.24, 2.45) is 0 Å². The Bertz CT molecular complexity index is 1280. The Labute approximate surface area is 193 Å². The summed E-state index contributed by atoms with van der Waals surface area (Å²) < 4.78 is 6.50. The number of carbonyl (C=O) groups is 3. The van der Waals surface area contributed by atoms with E-state index in [1.165, 1.54) is 11.3 Å². The third-order valence-corrected chi connectivity index (χ3v) is 5.35. The van der Waals surface area contributed by atoms with E-state index in [1.54, 1.807) is 83.8 Å². The van der Waals surface area contributed by atoms with E-state index in [-0.39, 0.29) is 24.1 Å². The van der Waals surface area contributed by atoms with Crippen molar-refractivity contribution in [3.63, 3.8) is 0 Å². The van der Waals surface area contributed by atoms with Gasteiger partial charge in [0.25, 0.3) is 11.8 Å². The van der Waals surface area contributed by atoms with Crippen LogP contribution in [-0.2, 0) is 4.74 Å². The summed E-state index contributed by atoms with van der Waals surface area (Å²) in [6.07, 6.45) is 1.66. The van der Waals surface area contributed by atoms with E-state index >= 15 is 0 Å². The molecule has 2 N–H and O–H groups in total. The number of hydrogen-bond donors (Lipinski definition) is 2. The zero-order valence-corrected chi connectivity index (χ0v) is 18.5. The van der Waals surface area contributed by atoms with Gasteiger partial charge in [-0.05, 0) is 60.8 Å². The van der Waals surface area contributed by atoms with Gasteiger partial charge in [-0.2, -0.15) is 16.4 Å². The molecule has 9 heteroatoms. The van der Waals surface area contributed by atoms with Crippen LogP contribution in [0.5, 0.6) is 0 Å². The van der Waals surface area contributed by atoms with Gasteiger partial charge in [0.2, 0.25) is 0 Å². The molecule has 2 heterocycles. The molecule has 2 aromatic carbocycles. The number of thiophene rings is 1. The Morgan fingerprint density at radius 1 is 0.970 bits per heavy atom. The fourth-order valence-electron chi connectivity index (χ4n) is 3.06. The molecule has 0 unspecified atom stereocenters. The minimum atomic E-state index is -0.482. The normalized spacial score (nSPS) is 10.5. The van der Waals surface area contributed by atoms with Crippen molar-refractivity contribution in [3.8, 4) is 5.69 Å². The zero-order chi connectivity index (χ0) is 23.2. The van der Waals surface area contributed by atoms with E-state index < -0.39 is 5.97 Å². The van der Waals surface area contributed by atoms with Crippen molar-refractivity contribution in [2.45, 2.75) is 6.92 Å². The van der Waals surface area contributed by atoms with Crippen LogP contribution in [-0.4, -0.2) is 34.2 Å². The molecule has 0 bridgehead atoms. The molecule has 166 valence electrons. The van der Waals surface area contributed by atoms with Crippen molar-refractivity contribution in [1.29, 1.82) is 0 Å². The number of aromatic nitrogens is 2. The summed E-state index contributed by atoms with van der Waals surface area (Å²) in [5, 5.41) is 13.4. The highest BCUT2D eigenvalue weighted by Gasteiger charge is 2.15. The van der Waals surface area contributed by atoms with E-state index in [0.29, 0.717) is 28.2 Å². The standard InChI is InChI=1S/C24H20N4O4S/c1-2-32-24(31)21-11-13-28(27-21)18-9-7-17(8-10-18)25-23(30)19-5-3-4-6-20(19)26-22(29)16-12-14-33-15-16/h3-15H,2H2,1H3,(H,25,30)(H,26,29). The number of carbonyl (C=O) groups excluding carboxylic acids is 3. The Kier molecular flexibility index (Phi) is 6.61. The summed E-state index contributed by atoms with van der Waals surface area (Å²) >= 11 is 1.43. The lowest BCUT2D eigenvalue weighted by atomic mass is 10.1. The summed E-state index contributed by atoms with van der Waals surface area (Å²) in [6, 6.07) is 17.1. The molecule has 0 aliphatic rings. The first-order valence-corrected chi connectivity index (χ1v) is 11.1. The quantitative estimate of drug-likeness (QED) is 0.392. The predicted octanol–water partition coefficient (Wildman–Crippen LogP) is 4.62. The molecule has 4 rings (SSSR count). The molecule has 33 heavy (non-hydrogen) atoms. The van der Waals surface area contributed by atoms with Crippen molar-refractivity contribution in [1.82, 2.24) is 9.78 Å². The first-order chi connectivity index (χ1) is 16.0. The molecule has 0 saturated heterocycles. The van der Waals surface area contributed by atoms with Gasteiger partial charge in [0.05, 0.1) is 29.1 Å². The number of nitrogens with zero attached hydrogens (tertiary/aromatic N) is 2. The number of amides is 2. The Balaban J connectivity index is 1.45. The SMILES string of the molecule is CCOC(=O)c1ccn(-c2ccc(NC(=O)c3ccccc3NC(=O)c3ccsc3)cc2)n1. The van der Waals surface area contributed by atoms with Gasteiger partial charge in [-0.3, -0.25) is 9.59 Å². The second-order valence-corrected chi connectivity index (χ2v) is 7.66. The highest BCUT2D eigenvalue weighted by molar-refractivity contribution is 7.08. The van der Waals surface area contributed by atoms with Gasteiger partial charge >= 0.3 is 5.97 Å². The van der Waals surface area contributed by atoms with Crippen molar-refractivity contribution >= 4 is 40.5 Å². The van der Waals surface area contributed by atoms with E-state index in [9.17, 15) is 14.4 Å². The highest BCUT2D eigenvalue weighted by Crippen LogP contribution is 2.20. The molecular weight excluding hydrogens is 440 g/mol. The minimum absolute atomic E-state index is 0.218. The average molecular weight is 461 g/mol. The molecule has 2 amide bonds. The van der Waals surface area contributed by atoms with Gasteiger partial charge in [0.1, 0.15) is 0 Å². The summed E-state index contributed by atoms with van der Waals surface area (Å²) in [5.41, 5.74) is 2.81. The molecule has 0 saturated carbocycles. The van der Waals surface area contributed by atoms with E-state index in [1.807, 2.05) is 5.38 Å². The molecule has 0 aliphatic carbocycles. The maximum atomic E-state index is 12.9. The highest BCUT2D eigenvalue weighted by atomic mass is 32.1. The lowest BCUT2D eigenvalue weighted by Crippen LogP contribution is -2.18. The summed E-state index contributed by atoms with van der Waals surface area (Å²) in [5.74, 6) is -1.11. The van der Waals surface area contributed by atoms with Gasteiger partial charge in [-0.15, -0.1) is 0 Å². The maximum absolute atomic E-state index is 12.9. The molecule has 0 radical (unpaired) electrons. The molecule has 8 nitrogen and oxygen atoms in total. The third-order valence-electron chi connectivity index (χ3n) is 4.67. The Morgan fingerprint density at radius 3 is 2.48 bits per heavy atom. The van der Waals surface area contributed by atoms with Crippen LogP contribution in [0.1, 0.15) is 38.1 Å². The van der Waals surface area contributed by atoms with Gasteiger partial charge in [-0.25, -0.2) is 9.48 Å². The van der Waals surface area contributed by atoms with E-state index in [4.69, 9.17) is 4.74 Å². The average Bonchev–Trinajstić information content (AvgIpc) is 3.53. The fraction of sp³-hybridized carbons (Fsp3) is 0.0833. The van der Waals surface area contributed by atoms with Crippen LogP contribution in [0, 0.1) is 0 Å². The smallest absolute Gasteiger partial charge is 0.358 e. The van der Waals surface area contributed by atoms with Gasteiger partial charge < -0.3 is 15.4 Å². The number of anilines is 2. The summed E-state index contributed by atoms with van der Waals surface area (Å²) in [4.78, 5) is 37.0. The lowest BCUT2D eigenvalue weighted by molar-refractivity contribution is 0.0518. The van der Waals surface area contributed by atoms with Crippen LogP contribution < -0.4 is 10.6 Å². The number of esters is 1. The van der Waals surface area contributed by atoms with Crippen LogP contribution in [0.25, 0.3) is 5.69 Å². The summed E-state index contributed by atoms with van der Waals surface area (Å²) in [6.45, 7) is 2.01. The first kappa shape index (κ1) is 22.0. The Morgan fingerprint density at radius 2 is 1.76 bits per heavy atom. The van der Waals surface area contributed by atoms with Gasteiger partial charge in [-0.1, -0.05) is 12.1 Å². The number of nitrogens with one attached hydrogen (secondary N) is 2. The van der Waals surface area contributed by atoms with Crippen molar-refractivity contribution in [2.75, 3.05) is 17.2 Å². The van der Waals surface area contributed by atoms with Crippen LogP contribution >= 0.6 is 11.3 Å². The fourth-order valence-corrected chi connectivity index (χ4v) is 3.69. The summed E-state index contributed by atoms with van der Waals surface area (Å²) in [7, 11) is 0. The topological polar surface area (TPSA) is 102 Å². The van der Waals surface area contributed by atoms with E-state index in [0.717, 1.165) is 0 Å². The van der Waals surface area contributed by atoms with Crippen molar-refractivity contribution < 1.29 is 19.1 Å². The van der Waals surface area contributed by atoms with Crippen LogP contribution in [0.2, 0.25) is 0 Å². The largest absolute Gasteiger partial charge is 0.461 e. The van der Waals surface area contributed by atoms with Crippen molar-refractivity contribution in [3.05, 3.63) is 94.4 Å². The van der Waals surface area contributed by atoms with Gasteiger partial charge in [0.15, 0.2) is 5.69 Å². The zero-order valence-electron chi connectivity index (χ0n) is 17.6. The van der Waals surface area contributed by atoms with Gasteiger partial charge in [0, 0.05) is 17.3 Å². The van der Waals surface area contributed by atoms with Crippen LogP contribution in [0.4, 0.5) is 11.4 Å². The van der Waals surface area contributed by atoms with Crippen LogP contribution in [0.15, 0.2) is 77.6 Å². The molecular formula is C24H20N4O4S. The molecule has 0 aliphatic heterocycles. The monoisotopic (exact) mass is 460 g/mol. The molecule has 4 aromatic rings. The Hall–Kier alpha value is -4.24. The number of hydrogen-bond acceptors (Lipinski definition) is 6. The molecule has 0 atom stereocenters. The molecule has 0 spiro atoms. The van der Waals surface area contributed by atoms with Crippen LogP contribution in [0.3, 0.4) is 0 Å². The number of para-hydroxylation sites is 1. The lowest BCUT2D eigenvalue weighted by Gasteiger charge is -2.11. The first-order valence-electron chi connectivity index (χ1n) is 10.1. The molecule has 2 aromatic heterocycles. The second-order valence-electron chi connectivity index (χ2n) is 6.88. The second kappa shape index (κ2) is 9.92. The molecule has 0 fully saturated rings. The number of ether oxygens (including phenoxy) is 1. The predicted molar refractivity (Wildman–Crippen MR) is 126 cm³/mol. The minimum Gasteiger partial charge on any atom is -0.461 e. The number of rotatable bonds is 7.